The third-order valence-corrected chi connectivity index (χ3v) is 3.46. The van der Waals surface area contributed by atoms with Gasteiger partial charge < -0.3 is 9.72 Å². The molecule has 0 aliphatic rings. The third kappa shape index (κ3) is 2.52. The number of nitrogens with zero attached hydrogens (tertiary/aromatic N) is 4. The first-order chi connectivity index (χ1) is 10.0. The molecular weight excluding hydrogens is 266 g/mol. The lowest BCUT2D eigenvalue weighted by atomic mass is 10.1. The second-order valence-corrected chi connectivity index (χ2v) is 5.13. The van der Waals surface area contributed by atoms with Gasteiger partial charge in [0.25, 0.3) is 5.91 Å². The summed E-state index contributed by atoms with van der Waals surface area (Å²) in [5.74, 6) is -0.186. The van der Waals surface area contributed by atoms with E-state index in [2.05, 4.69) is 15.4 Å². The maximum absolute atomic E-state index is 12.3. The summed E-state index contributed by atoms with van der Waals surface area (Å²) in [4.78, 5) is 16.6. The molecule has 3 aromatic heterocycles. The quantitative estimate of drug-likeness (QED) is 0.798. The SMILES string of the molecule is Cc1nn(C)cc1[C@H](C)NC(=O)c1cn2ccccc2n1. The van der Waals surface area contributed by atoms with E-state index in [-0.39, 0.29) is 11.9 Å². The Hall–Kier alpha value is -2.63. The zero-order valence-corrected chi connectivity index (χ0v) is 12.2. The minimum atomic E-state index is -0.186. The van der Waals surface area contributed by atoms with Gasteiger partial charge in [0, 0.05) is 31.2 Å². The summed E-state index contributed by atoms with van der Waals surface area (Å²) in [7, 11) is 1.87. The maximum atomic E-state index is 12.3. The fourth-order valence-electron chi connectivity index (χ4n) is 2.44. The number of carbonyl (C=O) groups is 1. The van der Waals surface area contributed by atoms with Crippen molar-refractivity contribution < 1.29 is 4.79 Å². The molecular formula is C15H17N5O. The van der Waals surface area contributed by atoms with Crippen LogP contribution in [0.5, 0.6) is 0 Å². The van der Waals surface area contributed by atoms with Gasteiger partial charge in [-0.2, -0.15) is 5.10 Å². The highest BCUT2D eigenvalue weighted by Gasteiger charge is 2.17. The monoisotopic (exact) mass is 283 g/mol. The summed E-state index contributed by atoms with van der Waals surface area (Å²) < 4.78 is 3.58. The lowest BCUT2D eigenvalue weighted by molar-refractivity contribution is 0.0935. The molecule has 0 aromatic carbocycles. The van der Waals surface area contributed by atoms with Gasteiger partial charge in [0.15, 0.2) is 0 Å². The Labute approximate surface area is 122 Å². The predicted molar refractivity (Wildman–Crippen MR) is 79.0 cm³/mol. The maximum Gasteiger partial charge on any atom is 0.271 e. The van der Waals surface area contributed by atoms with Crippen LogP contribution >= 0.6 is 0 Å². The average Bonchev–Trinajstić information content (AvgIpc) is 3.01. The van der Waals surface area contributed by atoms with E-state index in [9.17, 15) is 4.79 Å². The number of carbonyl (C=O) groups excluding carboxylic acids is 1. The summed E-state index contributed by atoms with van der Waals surface area (Å²) in [5, 5.41) is 7.25. The summed E-state index contributed by atoms with van der Waals surface area (Å²) in [5.41, 5.74) is 3.09. The fourth-order valence-corrected chi connectivity index (χ4v) is 2.44. The number of imidazole rings is 1. The molecule has 6 heteroatoms. The predicted octanol–water partition coefficient (Wildman–Crippen LogP) is 1.87. The van der Waals surface area contributed by atoms with Crippen LogP contribution in [-0.2, 0) is 7.05 Å². The molecule has 1 atom stereocenters. The van der Waals surface area contributed by atoms with E-state index in [1.165, 1.54) is 0 Å². The second-order valence-electron chi connectivity index (χ2n) is 5.13. The van der Waals surface area contributed by atoms with Gasteiger partial charge in [0.2, 0.25) is 0 Å². The molecule has 3 rings (SSSR count). The van der Waals surface area contributed by atoms with E-state index in [1.807, 2.05) is 55.9 Å². The molecule has 108 valence electrons. The Morgan fingerprint density at radius 2 is 2.14 bits per heavy atom. The van der Waals surface area contributed by atoms with Gasteiger partial charge in [-0.1, -0.05) is 6.07 Å². The highest BCUT2D eigenvalue weighted by molar-refractivity contribution is 5.93. The minimum absolute atomic E-state index is 0.115. The summed E-state index contributed by atoms with van der Waals surface area (Å²) in [6.07, 6.45) is 5.52. The lowest BCUT2D eigenvalue weighted by Gasteiger charge is -2.11. The van der Waals surface area contributed by atoms with E-state index in [4.69, 9.17) is 0 Å². The van der Waals surface area contributed by atoms with E-state index in [0.717, 1.165) is 16.9 Å². The molecule has 6 nitrogen and oxygen atoms in total. The van der Waals surface area contributed by atoms with Gasteiger partial charge in [0.05, 0.1) is 11.7 Å². The van der Waals surface area contributed by atoms with Crippen molar-refractivity contribution in [2.45, 2.75) is 19.9 Å². The van der Waals surface area contributed by atoms with Gasteiger partial charge in [-0.3, -0.25) is 9.48 Å². The molecule has 1 amide bonds. The zero-order chi connectivity index (χ0) is 15.0. The van der Waals surface area contributed by atoms with Crippen LogP contribution in [0.15, 0.2) is 36.8 Å². The van der Waals surface area contributed by atoms with E-state index < -0.39 is 0 Å². The summed E-state index contributed by atoms with van der Waals surface area (Å²) in [6, 6.07) is 5.55. The third-order valence-electron chi connectivity index (χ3n) is 3.46. The molecule has 0 aliphatic heterocycles. The standard InChI is InChI=1S/C15H17N5O/c1-10(12-8-19(3)18-11(12)2)16-15(21)13-9-20-7-5-4-6-14(20)17-13/h4-10H,1-3H3,(H,16,21)/t10-/m0/s1. The molecule has 21 heavy (non-hydrogen) atoms. The van der Waals surface area contributed by atoms with Crippen molar-refractivity contribution in [3.8, 4) is 0 Å². The number of hydrogen-bond acceptors (Lipinski definition) is 3. The molecule has 3 aromatic rings. The Morgan fingerprint density at radius 1 is 1.33 bits per heavy atom. The van der Waals surface area contributed by atoms with E-state index in [0.29, 0.717) is 5.69 Å². The Balaban J connectivity index is 1.81. The van der Waals surface area contributed by atoms with Crippen LogP contribution in [0, 0.1) is 6.92 Å². The van der Waals surface area contributed by atoms with Crippen molar-refractivity contribution in [1.82, 2.24) is 24.5 Å². The molecule has 0 unspecified atom stereocenters. The number of nitrogens with one attached hydrogen (secondary N) is 1. The molecule has 0 saturated heterocycles. The van der Waals surface area contributed by atoms with E-state index in [1.54, 1.807) is 10.9 Å². The highest BCUT2D eigenvalue weighted by Crippen LogP contribution is 2.16. The first kappa shape index (κ1) is 13.4. The normalized spacial score (nSPS) is 12.5. The van der Waals surface area contributed by atoms with Crippen LogP contribution < -0.4 is 5.32 Å². The van der Waals surface area contributed by atoms with Crippen molar-refractivity contribution >= 4 is 11.6 Å². The van der Waals surface area contributed by atoms with Crippen LogP contribution in [0.4, 0.5) is 0 Å². The molecule has 0 aliphatic carbocycles. The number of pyridine rings is 1. The summed E-state index contributed by atoms with van der Waals surface area (Å²) >= 11 is 0. The van der Waals surface area contributed by atoms with Crippen molar-refractivity contribution in [2.75, 3.05) is 0 Å². The molecule has 1 N–H and O–H groups in total. The second kappa shape index (κ2) is 5.05. The Bertz CT molecular complexity index is 768. The smallest absolute Gasteiger partial charge is 0.271 e. The molecule has 0 bridgehead atoms. The first-order valence-corrected chi connectivity index (χ1v) is 6.79. The molecule has 0 spiro atoms. The first-order valence-electron chi connectivity index (χ1n) is 6.79. The largest absolute Gasteiger partial charge is 0.344 e. The van der Waals surface area contributed by atoms with Gasteiger partial charge in [-0.05, 0) is 26.0 Å². The van der Waals surface area contributed by atoms with Crippen LogP contribution in [-0.4, -0.2) is 25.1 Å². The van der Waals surface area contributed by atoms with Gasteiger partial charge in [-0.15, -0.1) is 0 Å². The van der Waals surface area contributed by atoms with Crippen LogP contribution in [0.3, 0.4) is 0 Å². The van der Waals surface area contributed by atoms with Gasteiger partial charge in [0.1, 0.15) is 11.3 Å². The number of rotatable bonds is 3. The lowest BCUT2D eigenvalue weighted by Crippen LogP contribution is -2.27. The number of aromatic nitrogens is 4. The number of amides is 1. The topological polar surface area (TPSA) is 64.2 Å². The number of hydrogen-bond donors (Lipinski definition) is 1. The average molecular weight is 283 g/mol. The number of fused-ring (bicyclic) bond motifs is 1. The number of aryl methyl sites for hydroxylation is 2. The highest BCUT2D eigenvalue weighted by atomic mass is 16.2. The van der Waals surface area contributed by atoms with Crippen molar-refractivity contribution in [3.63, 3.8) is 0 Å². The van der Waals surface area contributed by atoms with Crippen molar-refractivity contribution in [3.05, 3.63) is 53.7 Å². The van der Waals surface area contributed by atoms with Crippen molar-refractivity contribution in [2.24, 2.45) is 7.05 Å². The summed E-state index contributed by atoms with van der Waals surface area (Å²) in [6.45, 7) is 3.88. The Morgan fingerprint density at radius 3 is 2.81 bits per heavy atom. The van der Waals surface area contributed by atoms with Crippen molar-refractivity contribution in [1.29, 1.82) is 0 Å². The van der Waals surface area contributed by atoms with E-state index >= 15 is 0 Å². The van der Waals surface area contributed by atoms with Crippen LogP contribution in [0.2, 0.25) is 0 Å². The van der Waals surface area contributed by atoms with Crippen LogP contribution in [0.25, 0.3) is 5.65 Å². The zero-order valence-electron chi connectivity index (χ0n) is 12.2. The molecule has 0 radical (unpaired) electrons. The molecule has 0 saturated carbocycles. The molecule has 3 heterocycles. The van der Waals surface area contributed by atoms with Gasteiger partial charge in [-0.25, -0.2) is 4.98 Å². The Kier molecular flexibility index (Phi) is 3.21. The van der Waals surface area contributed by atoms with Crippen LogP contribution in [0.1, 0.15) is 34.7 Å². The molecule has 0 fully saturated rings. The fraction of sp³-hybridized carbons (Fsp3) is 0.267. The van der Waals surface area contributed by atoms with Gasteiger partial charge >= 0.3 is 0 Å². The minimum Gasteiger partial charge on any atom is -0.344 e.